The van der Waals surface area contributed by atoms with E-state index in [0.29, 0.717) is 43.8 Å². The number of hydrogen-bond donors (Lipinski definition) is 3. The van der Waals surface area contributed by atoms with Crippen molar-refractivity contribution in [1.82, 2.24) is 10.2 Å². The molecule has 1 aliphatic heterocycles. The second kappa shape index (κ2) is 9.35. The lowest BCUT2D eigenvalue weighted by molar-refractivity contribution is -0.165. The molecule has 3 N–H and O–H groups in total. The molecule has 6 nitrogen and oxygen atoms in total. The van der Waals surface area contributed by atoms with Gasteiger partial charge in [-0.25, -0.2) is 0 Å². The van der Waals surface area contributed by atoms with E-state index in [2.05, 4.69) is 5.32 Å². The quantitative estimate of drug-likeness (QED) is 0.639. The first-order valence-corrected chi connectivity index (χ1v) is 9.40. The van der Waals surface area contributed by atoms with E-state index in [1.54, 1.807) is 6.07 Å². The van der Waals surface area contributed by atoms with Gasteiger partial charge in [0.15, 0.2) is 0 Å². The minimum Gasteiger partial charge on any atom is -0.481 e. The Balaban J connectivity index is 1.85. The molecule has 0 unspecified atom stereocenters. The fourth-order valence-corrected chi connectivity index (χ4v) is 3.82. The molecule has 2 atom stereocenters. The molecule has 0 aliphatic carbocycles. The molecule has 0 saturated carbocycles. The number of carboxylic acid groups (broad SMARTS) is 1. The van der Waals surface area contributed by atoms with Crippen molar-refractivity contribution in [2.24, 2.45) is 5.41 Å². The van der Waals surface area contributed by atoms with Crippen LogP contribution in [0.4, 0.5) is 0 Å². The number of aliphatic hydroxyl groups is 1. The molecule has 0 aromatic heterocycles. The van der Waals surface area contributed by atoms with Gasteiger partial charge in [-0.15, -0.1) is 0 Å². The first-order chi connectivity index (χ1) is 12.4. The third-order valence-corrected chi connectivity index (χ3v) is 5.21. The van der Waals surface area contributed by atoms with Crippen molar-refractivity contribution in [1.29, 1.82) is 0 Å². The van der Waals surface area contributed by atoms with E-state index in [4.69, 9.17) is 11.6 Å². The molecule has 1 fully saturated rings. The Bertz CT molecular complexity index is 640. The highest BCUT2D eigenvalue weighted by Gasteiger charge is 2.48. The molecular weight excluding hydrogens is 356 g/mol. The van der Waals surface area contributed by atoms with Gasteiger partial charge in [-0.2, -0.15) is 0 Å². The van der Waals surface area contributed by atoms with Gasteiger partial charge in [0.25, 0.3) is 0 Å². The second-order valence-corrected chi connectivity index (χ2v) is 7.39. The predicted octanol–water partition coefficient (Wildman–Crippen LogP) is 1.94. The molecule has 2 rings (SSSR count). The van der Waals surface area contributed by atoms with E-state index in [9.17, 15) is 19.8 Å². The molecule has 144 valence electrons. The topological polar surface area (TPSA) is 89.9 Å². The zero-order chi connectivity index (χ0) is 19.2. The number of likely N-dealkylation sites (tertiary alicyclic amines) is 1. The van der Waals surface area contributed by atoms with Crippen LogP contribution in [-0.2, 0) is 16.0 Å². The lowest BCUT2D eigenvalue weighted by Gasteiger charge is -2.43. The van der Waals surface area contributed by atoms with E-state index < -0.39 is 17.5 Å². The van der Waals surface area contributed by atoms with E-state index >= 15 is 0 Å². The zero-order valence-corrected chi connectivity index (χ0v) is 15.8. The highest BCUT2D eigenvalue weighted by molar-refractivity contribution is 6.30. The number of aliphatic hydroxyl groups excluding tert-OH is 1. The number of benzene rings is 1. The van der Waals surface area contributed by atoms with Crippen LogP contribution in [0.1, 0.15) is 31.7 Å². The summed E-state index contributed by atoms with van der Waals surface area (Å²) in [6, 6.07) is 7.50. The number of hydrogen-bond acceptors (Lipinski definition) is 4. The van der Waals surface area contributed by atoms with Crippen molar-refractivity contribution >= 4 is 23.5 Å². The van der Waals surface area contributed by atoms with Gasteiger partial charge >= 0.3 is 5.97 Å². The maximum atomic E-state index is 12.2. The number of amides is 1. The molecule has 0 bridgehead atoms. The van der Waals surface area contributed by atoms with Crippen LogP contribution in [0.2, 0.25) is 5.02 Å². The van der Waals surface area contributed by atoms with Crippen LogP contribution in [0.15, 0.2) is 24.3 Å². The third kappa shape index (κ3) is 5.19. The Morgan fingerprint density at radius 1 is 1.42 bits per heavy atom. The normalized spacial score (nSPS) is 23.6. The van der Waals surface area contributed by atoms with Crippen molar-refractivity contribution in [2.75, 3.05) is 26.2 Å². The Kier molecular flexibility index (Phi) is 7.43. The number of aliphatic carboxylic acids is 1. The van der Waals surface area contributed by atoms with E-state index in [-0.39, 0.29) is 19.0 Å². The minimum atomic E-state index is -1.19. The molecule has 1 amide bonds. The first-order valence-electron chi connectivity index (χ1n) is 9.02. The van der Waals surface area contributed by atoms with Crippen LogP contribution >= 0.6 is 11.6 Å². The average molecular weight is 383 g/mol. The summed E-state index contributed by atoms with van der Waals surface area (Å²) in [7, 11) is 0. The van der Waals surface area contributed by atoms with Crippen molar-refractivity contribution < 1.29 is 19.8 Å². The molecule has 7 heteroatoms. The van der Waals surface area contributed by atoms with Gasteiger partial charge in [0.1, 0.15) is 5.41 Å². The number of piperidine rings is 1. The van der Waals surface area contributed by atoms with Crippen molar-refractivity contribution in [3.63, 3.8) is 0 Å². The first kappa shape index (κ1) is 20.7. The van der Waals surface area contributed by atoms with E-state index in [1.165, 1.54) is 0 Å². The Morgan fingerprint density at radius 3 is 2.85 bits per heavy atom. The summed E-state index contributed by atoms with van der Waals surface area (Å²) in [6.07, 6.45) is 1.24. The largest absolute Gasteiger partial charge is 0.481 e. The van der Waals surface area contributed by atoms with Gasteiger partial charge in [0, 0.05) is 24.7 Å². The van der Waals surface area contributed by atoms with Gasteiger partial charge < -0.3 is 15.5 Å². The lowest BCUT2D eigenvalue weighted by atomic mass is 9.74. The average Bonchev–Trinajstić information content (AvgIpc) is 2.58. The standard InChI is InChI=1S/C19H27ClN2O4/c1-2-8-19(18(25)26)13-22(10-7-16(19)23)12-17(24)21-9-6-14-4-3-5-15(20)11-14/h3-5,11,16,23H,2,6-10,12-13H2,1H3,(H,21,24)(H,25,26)/t16-,19+/m1/s1. The summed E-state index contributed by atoms with van der Waals surface area (Å²) in [5.74, 6) is -1.13. The molecule has 0 radical (unpaired) electrons. The number of halogens is 1. The lowest BCUT2D eigenvalue weighted by Crippen LogP contribution is -2.57. The van der Waals surface area contributed by atoms with Gasteiger partial charge in [-0.3, -0.25) is 14.5 Å². The van der Waals surface area contributed by atoms with Crippen molar-refractivity contribution in [2.45, 2.75) is 38.7 Å². The molecule has 26 heavy (non-hydrogen) atoms. The number of carboxylic acids is 1. The summed E-state index contributed by atoms with van der Waals surface area (Å²) >= 11 is 5.94. The predicted molar refractivity (Wildman–Crippen MR) is 100 cm³/mol. The van der Waals surface area contributed by atoms with E-state index in [0.717, 1.165) is 5.56 Å². The molecule has 1 aromatic rings. The fraction of sp³-hybridized carbons (Fsp3) is 0.579. The maximum absolute atomic E-state index is 12.2. The summed E-state index contributed by atoms with van der Waals surface area (Å²) < 4.78 is 0. The Hall–Kier alpha value is -1.63. The summed E-state index contributed by atoms with van der Waals surface area (Å²) in [5, 5.41) is 23.4. The van der Waals surface area contributed by atoms with Crippen molar-refractivity contribution in [3.05, 3.63) is 34.9 Å². The molecule has 1 aromatic carbocycles. The minimum absolute atomic E-state index is 0.140. The Labute approximate surface area is 159 Å². The summed E-state index contributed by atoms with van der Waals surface area (Å²) in [6.45, 7) is 3.25. The van der Waals surface area contributed by atoms with Crippen LogP contribution in [0.25, 0.3) is 0 Å². The van der Waals surface area contributed by atoms with Crippen LogP contribution in [-0.4, -0.2) is 59.3 Å². The van der Waals surface area contributed by atoms with Crippen LogP contribution in [0.3, 0.4) is 0 Å². The highest BCUT2D eigenvalue weighted by atomic mass is 35.5. The number of carbonyl (C=O) groups is 2. The number of nitrogens with one attached hydrogen (secondary N) is 1. The molecule has 1 saturated heterocycles. The second-order valence-electron chi connectivity index (χ2n) is 6.96. The van der Waals surface area contributed by atoms with E-state index in [1.807, 2.05) is 30.0 Å². The number of carbonyl (C=O) groups excluding carboxylic acids is 1. The summed E-state index contributed by atoms with van der Waals surface area (Å²) in [5.41, 5.74) is -0.139. The smallest absolute Gasteiger partial charge is 0.313 e. The SMILES string of the molecule is CCC[C@]1(C(=O)O)CN(CC(=O)NCCc2cccc(Cl)c2)CC[C@H]1O. The molecule has 1 aliphatic rings. The zero-order valence-electron chi connectivity index (χ0n) is 15.1. The fourth-order valence-electron chi connectivity index (χ4n) is 3.61. The molecule has 0 spiro atoms. The van der Waals surface area contributed by atoms with Gasteiger partial charge in [-0.1, -0.05) is 37.1 Å². The molecular formula is C19H27ClN2O4. The third-order valence-electron chi connectivity index (χ3n) is 4.98. The monoisotopic (exact) mass is 382 g/mol. The summed E-state index contributed by atoms with van der Waals surface area (Å²) in [4.78, 5) is 25.8. The van der Waals surface area contributed by atoms with Crippen LogP contribution in [0.5, 0.6) is 0 Å². The van der Waals surface area contributed by atoms with Crippen molar-refractivity contribution in [3.8, 4) is 0 Å². The number of rotatable bonds is 8. The van der Waals surface area contributed by atoms with Crippen LogP contribution in [0, 0.1) is 5.41 Å². The molecule has 1 heterocycles. The maximum Gasteiger partial charge on any atom is 0.313 e. The Morgan fingerprint density at radius 2 is 2.19 bits per heavy atom. The highest BCUT2D eigenvalue weighted by Crippen LogP contribution is 2.35. The van der Waals surface area contributed by atoms with Gasteiger partial charge in [0.2, 0.25) is 5.91 Å². The van der Waals surface area contributed by atoms with Crippen LogP contribution < -0.4 is 5.32 Å². The van der Waals surface area contributed by atoms with Gasteiger partial charge in [0.05, 0.1) is 12.6 Å². The van der Waals surface area contributed by atoms with Gasteiger partial charge in [-0.05, 0) is 37.0 Å². The number of nitrogens with zero attached hydrogens (tertiary/aromatic N) is 1.